The standard InChI is InChI=1S/C18H27N5O5/c1-19-16(25)15-20-14(28-21-15)8-22-6-13-7-23(10-18(13,9-22)11-24)17(26)12-2-4-27-5-3-12/h12-13,24H,2-11H2,1H3,(H,19,25). The number of fused-ring (bicyclic) bond motifs is 1. The SMILES string of the molecule is CNC(=O)c1noc(CN2CC3CN(C(=O)C4CCOCC4)CC3(CO)C2)n1. The molecule has 1 aromatic heterocycles. The Kier molecular flexibility index (Phi) is 5.35. The molecule has 2 unspecified atom stereocenters. The number of aromatic nitrogens is 2. The van der Waals surface area contributed by atoms with Gasteiger partial charge in [0.25, 0.3) is 11.7 Å². The molecule has 0 spiro atoms. The van der Waals surface area contributed by atoms with Crippen molar-refractivity contribution in [2.24, 2.45) is 17.3 Å². The van der Waals surface area contributed by atoms with Crippen molar-refractivity contribution in [2.75, 3.05) is 53.0 Å². The second-order valence-electron chi connectivity index (χ2n) is 8.08. The van der Waals surface area contributed by atoms with Crippen LogP contribution in [0, 0.1) is 17.3 Å². The monoisotopic (exact) mass is 393 g/mol. The number of ether oxygens (including phenoxy) is 1. The fraction of sp³-hybridized carbons (Fsp3) is 0.778. The minimum Gasteiger partial charge on any atom is -0.396 e. The molecule has 0 aliphatic carbocycles. The molecular weight excluding hydrogens is 366 g/mol. The lowest BCUT2D eigenvalue weighted by Crippen LogP contribution is -2.41. The van der Waals surface area contributed by atoms with Crippen molar-refractivity contribution in [1.82, 2.24) is 25.3 Å². The smallest absolute Gasteiger partial charge is 0.292 e. The lowest BCUT2D eigenvalue weighted by Gasteiger charge is -2.30. The van der Waals surface area contributed by atoms with Gasteiger partial charge in [-0.3, -0.25) is 14.5 Å². The number of aliphatic hydroxyl groups excluding tert-OH is 1. The van der Waals surface area contributed by atoms with Gasteiger partial charge < -0.3 is 24.6 Å². The summed E-state index contributed by atoms with van der Waals surface area (Å²) < 4.78 is 10.5. The number of rotatable bonds is 5. The van der Waals surface area contributed by atoms with Crippen LogP contribution >= 0.6 is 0 Å². The van der Waals surface area contributed by atoms with Gasteiger partial charge in [-0.25, -0.2) is 0 Å². The molecule has 0 aromatic carbocycles. The predicted octanol–water partition coefficient (Wildman–Crippen LogP) is -0.891. The number of hydrogen-bond donors (Lipinski definition) is 2. The number of carbonyl (C=O) groups is 2. The van der Waals surface area contributed by atoms with E-state index in [1.165, 1.54) is 7.05 Å². The number of amides is 2. The maximum Gasteiger partial charge on any atom is 0.292 e. The van der Waals surface area contributed by atoms with Gasteiger partial charge in [0.15, 0.2) is 0 Å². The van der Waals surface area contributed by atoms with Crippen LogP contribution in [0.5, 0.6) is 0 Å². The summed E-state index contributed by atoms with van der Waals surface area (Å²) >= 11 is 0. The Balaban J connectivity index is 1.37. The third-order valence-electron chi connectivity index (χ3n) is 6.28. The topological polar surface area (TPSA) is 121 Å². The second kappa shape index (κ2) is 7.76. The van der Waals surface area contributed by atoms with Gasteiger partial charge in [-0.05, 0) is 18.8 Å². The fourth-order valence-corrected chi connectivity index (χ4v) is 4.72. The van der Waals surface area contributed by atoms with Gasteiger partial charge in [0.1, 0.15) is 0 Å². The lowest BCUT2D eigenvalue weighted by atomic mass is 9.82. The third-order valence-corrected chi connectivity index (χ3v) is 6.28. The summed E-state index contributed by atoms with van der Waals surface area (Å²) in [5.74, 6) is 0.457. The number of likely N-dealkylation sites (tertiary alicyclic amines) is 2. The number of nitrogens with one attached hydrogen (secondary N) is 1. The number of hydrogen-bond acceptors (Lipinski definition) is 8. The molecule has 2 atom stereocenters. The first-order chi connectivity index (χ1) is 13.5. The highest BCUT2D eigenvalue weighted by atomic mass is 16.5. The molecule has 154 valence electrons. The molecule has 10 nitrogen and oxygen atoms in total. The van der Waals surface area contributed by atoms with Gasteiger partial charge in [0, 0.05) is 57.8 Å². The van der Waals surface area contributed by atoms with E-state index in [0.717, 1.165) is 19.4 Å². The molecule has 0 radical (unpaired) electrons. The fourth-order valence-electron chi connectivity index (χ4n) is 4.72. The van der Waals surface area contributed by atoms with E-state index in [9.17, 15) is 14.7 Å². The molecule has 4 rings (SSSR count). The summed E-state index contributed by atoms with van der Waals surface area (Å²) in [5.41, 5.74) is -0.315. The Morgan fingerprint density at radius 3 is 2.75 bits per heavy atom. The summed E-state index contributed by atoms with van der Waals surface area (Å²) in [6, 6.07) is 0. The van der Waals surface area contributed by atoms with Gasteiger partial charge in [-0.2, -0.15) is 4.98 Å². The maximum atomic E-state index is 12.9. The predicted molar refractivity (Wildman–Crippen MR) is 96.1 cm³/mol. The molecule has 3 saturated heterocycles. The summed E-state index contributed by atoms with van der Waals surface area (Å²) in [7, 11) is 1.51. The zero-order valence-electron chi connectivity index (χ0n) is 16.1. The highest BCUT2D eigenvalue weighted by Gasteiger charge is 2.53. The summed E-state index contributed by atoms with van der Waals surface area (Å²) in [6.07, 6.45) is 1.56. The molecule has 3 aliphatic rings. The highest BCUT2D eigenvalue weighted by molar-refractivity contribution is 5.89. The van der Waals surface area contributed by atoms with Gasteiger partial charge in [-0.15, -0.1) is 0 Å². The average molecular weight is 393 g/mol. The van der Waals surface area contributed by atoms with Crippen molar-refractivity contribution >= 4 is 11.8 Å². The van der Waals surface area contributed by atoms with E-state index in [-0.39, 0.29) is 41.5 Å². The molecule has 10 heteroatoms. The van der Waals surface area contributed by atoms with Crippen LogP contribution in [0.25, 0.3) is 0 Å². The van der Waals surface area contributed by atoms with E-state index in [1.54, 1.807) is 0 Å². The molecule has 3 fully saturated rings. The Labute approximate surface area is 163 Å². The molecule has 1 aromatic rings. The Morgan fingerprint density at radius 1 is 1.29 bits per heavy atom. The Bertz CT molecular complexity index is 734. The van der Waals surface area contributed by atoms with Crippen molar-refractivity contribution in [3.8, 4) is 0 Å². The first-order valence-corrected chi connectivity index (χ1v) is 9.79. The highest BCUT2D eigenvalue weighted by Crippen LogP contribution is 2.43. The average Bonchev–Trinajstić information content (AvgIpc) is 3.40. The normalized spacial score (nSPS) is 28.5. The number of nitrogens with zero attached hydrogens (tertiary/aromatic N) is 4. The van der Waals surface area contributed by atoms with E-state index in [2.05, 4.69) is 20.4 Å². The first kappa shape index (κ1) is 19.3. The van der Waals surface area contributed by atoms with E-state index >= 15 is 0 Å². The summed E-state index contributed by atoms with van der Waals surface area (Å²) in [5, 5.41) is 16.3. The Morgan fingerprint density at radius 2 is 2.07 bits per heavy atom. The van der Waals surface area contributed by atoms with Gasteiger partial charge in [-0.1, -0.05) is 5.16 Å². The molecule has 3 aliphatic heterocycles. The van der Waals surface area contributed by atoms with E-state index < -0.39 is 0 Å². The summed E-state index contributed by atoms with van der Waals surface area (Å²) in [4.78, 5) is 32.6. The third kappa shape index (κ3) is 3.51. The minimum atomic E-state index is -0.387. The van der Waals surface area contributed by atoms with Crippen LogP contribution in [0.4, 0.5) is 0 Å². The lowest BCUT2D eigenvalue weighted by molar-refractivity contribution is -0.138. The van der Waals surface area contributed by atoms with Gasteiger partial charge >= 0.3 is 0 Å². The van der Waals surface area contributed by atoms with E-state index in [1.807, 2.05) is 4.90 Å². The van der Waals surface area contributed by atoms with Crippen molar-refractivity contribution in [1.29, 1.82) is 0 Å². The van der Waals surface area contributed by atoms with Crippen LogP contribution in [0.1, 0.15) is 29.4 Å². The van der Waals surface area contributed by atoms with Gasteiger partial charge in [0.05, 0.1) is 13.2 Å². The van der Waals surface area contributed by atoms with Crippen molar-refractivity contribution < 1.29 is 24.0 Å². The molecular formula is C18H27N5O5. The van der Waals surface area contributed by atoms with E-state index in [4.69, 9.17) is 9.26 Å². The van der Waals surface area contributed by atoms with Crippen LogP contribution in [0.2, 0.25) is 0 Å². The van der Waals surface area contributed by atoms with Crippen molar-refractivity contribution in [2.45, 2.75) is 19.4 Å². The zero-order valence-corrected chi connectivity index (χ0v) is 16.1. The van der Waals surface area contributed by atoms with Gasteiger partial charge in [0.2, 0.25) is 11.8 Å². The van der Waals surface area contributed by atoms with Crippen molar-refractivity contribution in [3.05, 3.63) is 11.7 Å². The minimum absolute atomic E-state index is 0.0157. The van der Waals surface area contributed by atoms with Crippen LogP contribution in [0.3, 0.4) is 0 Å². The van der Waals surface area contributed by atoms with Crippen LogP contribution in [0.15, 0.2) is 4.52 Å². The summed E-state index contributed by atoms with van der Waals surface area (Å²) in [6.45, 7) is 4.41. The van der Waals surface area contributed by atoms with E-state index in [0.29, 0.717) is 45.3 Å². The number of aliphatic hydroxyl groups is 1. The molecule has 2 N–H and O–H groups in total. The second-order valence-corrected chi connectivity index (χ2v) is 8.08. The van der Waals surface area contributed by atoms with Crippen LogP contribution in [-0.2, 0) is 16.1 Å². The quantitative estimate of drug-likeness (QED) is 0.661. The Hall–Kier alpha value is -2.04. The van der Waals surface area contributed by atoms with Crippen molar-refractivity contribution in [3.63, 3.8) is 0 Å². The molecule has 4 heterocycles. The largest absolute Gasteiger partial charge is 0.396 e. The van der Waals surface area contributed by atoms with Crippen LogP contribution < -0.4 is 5.32 Å². The molecule has 28 heavy (non-hydrogen) atoms. The molecule has 0 saturated carbocycles. The first-order valence-electron chi connectivity index (χ1n) is 9.79. The molecule has 0 bridgehead atoms. The number of carbonyl (C=O) groups excluding carboxylic acids is 2. The molecule has 2 amide bonds. The van der Waals surface area contributed by atoms with Crippen LogP contribution in [-0.4, -0.2) is 89.9 Å². The zero-order chi connectivity index (χ0) is 19.7. The maximum absolute atomic E-state index is 12.9.